The van der Waals surface area contributed by atoms with Crippen molar-refractivity contribution >= 4 is 23.3 Å². The number of thioether (sulfide) groups is 1. The number of oxime groups is 1. The average molecular weight is 301 g/mol. The van der Waals surface area contributed by atoms with Crippen LogP contribution in [0.5, 0.6) is 0 Å². The molecule has 1 aromatic rings. The Balaban J connectivity index is 2.38. The topological polar surface area (TPSA) is 61.8 Å². The molecule has 1 saturated heterocycles. The highest BCUT2D eigenvalue weighted by molar-refractivity contribution is 8.00. The fourth-order valence-electron chi connectivity index (χ4n) is 2.28. The molecule has 7 heteroatoms. The Morgan fingerprint density at radius 1 is 1.40 bits per heavy atom. The van der Waals surface area contributed by atoms with Gasteiger partial charge in [-0.25, -0.2) is 8.78 Å². The number of halogens is 2. The molecule has 1 aliphatic heterocycles. The molecule has 20 heavy (non-hydrogen) atoms. The summed E-state index contributed by atoms with van der Waals surface area (Å²) in [6.07, 6.45) is 0. The molecule has 110 valence electrons. The molecule has 1 aromatic carbocycles. The van der Waals surface area contributed by atoms with Crippen molar-refractivity contribution < 1.29 is 14.0 Å². The smallest absolute Gasteiger partial charge is 0.170 e. The van der Waals surface area contributed by atoms with Gasteiger partial charge < -0.3 is 15.8 Å². The summed E-state index contributed by atoms with van der Waals surface area (Å²) in [6, 6.07) is 2.17. The molecule has 1 heterocycles. The van der Waals surface area contributed by atoms with Crippen LogP contribution in [0.1, 0.15) is 19.4 Å². The molecule has 0 aliphatic carbocycles. The van der Waals surface area contributed by atoms with E-state index in [-0.39, 0.29) is 21.8 Å². The van der Waals surface area contributed by atoms with E-state index in [1.807, 2.05) is 13.8 Å². The van der Waals surface area contributed by atoms with Gasteiger partial charge >= 0.3 is 0 Å². The van der Waals surface area contributed by atoms with Crippen molar-refractivity contribution in [3.63, 3.8) is 0 Å². The first-order chi connectivity index (χ1) is 9.34. The first-order valence-electron chi connectivity index (χ1n) is 6.20. The minimum absolute atomic E-state index is 0.0249. The lowest BCUT2D eigenvalue weighted by Crippen LogP contribution is -2.44. The quantitative estimate of drug-likeness (QED) is 0.381. The summed E-state index contributed by atoms with van der Waals surface area (Å²) in [6.45, 7) is 5.24. The SMILES string of the molecule is CC1(C)CN(c2c(F)cc(C(N)=NO)cc2F)CCS1. The molecule has 0 amide bonds. The molecule has 2 rings (SSSR count). The van der Waals surface area contributed by atoms with Gasteiger partial charge in [0.15, 0.2) is 5.84 Å². The van der Waals surface area contributed by atoms with Crippen LogP contribution in [0.25, 0.3) is 0 Å². The van der Waals surface area contributed by atoms with Gasteiger partial charge in [-0.3, -0.25) is 0 Å². The van der Waals surface area contributed by atoms with E-state index in [2.05, 4.69) is 5.16 Å². The van der Waals surface area contributed by atoms with Crippen LogP contribution in [0.15, 0.2) is 17.3 Å². The maximum absolute atomic E-state index is 14.2. The van der Waals surface area contributed by atoms with Gasteiger partial charge in [-0.2, -0.15) is 11.8 Å². The number of hydrogen-bond acceptors (Lipinski definition) is 4. The number of nitrogens with zero attached hydrogens (tertiary/aromatic N) is 2. The lowest BCUT2D eigenvalue weighted by atomic mass is 10.1. The third-order valence-electron chi connectivity index (χ3n) is 3.16. The summed E-state index contributed by atoms with van der Waals surface area (Å²) in [4.78, 5) is 1.71. The zero-order valence-electron chi connectivity index (χ0n) is 11.4. The first-order valence-corrected chi connectivity index (χ1v) is 7.18. The van der Waals surface area contributed by atoms with Crippen molar-refractivity contribution in [2.24, 2.45) is 10.9 Å². The second-order valence-electron chi connectivity index (χ2n) is 5.30. The molecule has 4 nitrogen and oxygen atoms in total. The van der Waals surface area contributed by atoms with E-state index in [4.69, 9.17) is 10.9 Å². The molecule has 0 atom stereocenters. The predicted molar refractivity (Wildman–Crippen MR) is 77.6 cm³/mol. The number of benzene rings is 1. The lowest BCUT2D eigenvalue weighted by molar-refractivity contribution is 0.318. The van der Waals surface area contributed by atoms with Crippen molar-refractivity contribution in [2.75, 3.05) is 23.7 Å². The van der Waals surface area contributed by atoms with Crippen molar-refractivity contribution in [3.8, 4) is 0 Å². The van der Waals surface area contributed by atoms with E-state index in [0.29, 0.717) is 13.1 Å². The van der Waals surface area contributed by atoms with Crippen LogP contribution < -0.4 is 10.6 Å². The van der Waals surface area contributed by atoms with Gasteiger partial charge in [0.25, 0.3) is 0 Å². The molecular weight excluding hydrogens is 284 g/mol. The molecule has 0 radical (unpaired) electrons. The number of nitrogens with two attached hydrogens (primary N) is 1. The van der Waals surface area contributed by atoms with E-state index >= 15 is 0 Å². The van der Waals surface area contributed by atoms with Gasteiger partial charge in [-0.15, -0.1) is 0 Å². The Morgan fingerprint density at radius 2 is 2.00 bits per heavy atom. The summed E-state index contributed by atoms with van der Waals surface area (Å²) >= 11 is 1.78. The number of anilines is 1. The monoisotopic (exact) mass is 301 g/mol. The summed E-state index contributed by atoms with van der Waals surface area (Å²) in [5.41, 5.74) is 5.33. The van der Waals surface area contributed by atoms with Gasteiger partial charge in [-0.05, 0) is 26.0 Å². The maximum Gasteiger partial charge on any atom is 0.170 e. The first kappa shape index (κ1) is 14.9. The van der Waals surface area contributed by atoms with Gasteiger partial charge in [-0.1, -0.05) is 5.16 Å². The molecule has 3 N–H and O–H groups in total. The standard InChI is InChI=1S/C13H17F2N3OS/c1-13(2)7-18(3-4-20-13)11-9(14)5-8(6-10(11)15)12(16)17-19/h5-6,19H,3-4,7H2,1-2H3,(H2,16,17). The lowest BCUT2D eigenvalue weighted by Gasteiger charge is -2.39. The van der Waals surface area contributed by atoms with Gasteiger partial charge in [0.1, 0.15) is 17.3 Å². The largest absolute Gasteiger partial charge is 0.409 e. The fourth-order valence-corrected chi connectivity index (χ4v) is 3.39. The van der Waals surface area contributed by atoms with E-state index in [9.17, 15) is 8.78 Å². The normalized spacial score (nSPS) is 19.2. The minimum Gasteiger partial charge on any atom is -0.409 e. The molecule has 0 spiro atoms. The van der Waals surface area contributed by atoms with Crippen LogP contribution in [-0.4, -0.2) is 34.6 Å². The number of rotatable bonds is 2. The Labute approximate surface area is 120 Å². The third kappa shape index (κ3) is 2.98. The van der Waals surface area contributed by atoms with Crippen LogP contribution in [0.2, 0.25) is 0 Å². The highest BCUT2D eigenvalue weighted by Crippen LogP contribution is 2.34. The Hall–Kier alpha value is -1.50. The second kappa shape index (κ2) is 5.47. The summed E-state index contributed by atoms with van der Waals surface area (Å²) in [5, 5.41) is 11.3. The van der Waals surface area contributed by atoms with Crippen LogP contribution in [0.3, 0.4) is 0 Å². The second-order valence-corrected chi connectivity index (χ2v) is 7.11. The third-order valence-corrected chi connectivity index (χ3v) is 4.46. The van der Waals surface area contributed by atoms with Crippen LogP contribution in [0, 0.1) is 11.6 Å². The molecule has 1 fully saturated rings. The van der Waals surface area contributed by atoms with Crippen LogP contribution >= 0.6 is 11.8 Å². The summed E-state index contributed by atoms with van der Waals surface area (Å²) in [5.74, 6) is -0.902. The van der Waals surface area contributed by atoms with Gasteiger partial charge in [0.05, 0.1) is 0 Å². The Morgan fingerprint density at radius 3 is 2.50 bits per heavy atom. The molecular formula is C13H17F2N3OS. The zero-order chi connectivity index (χ0) is 14.9. The van der Waals surface area contributed by atoms with E-state index in [1.165, 1.54) is 0 Å². The molecule has 1 aliphatic rings. The van der Waals surface area contributed by atoms with Crippen molar-refractivity contribution in [3.05, 3.63) is 29.3 Å². The molecule has 0 unspecified atom stereocenters. The maximum atomic E-state index is 14.2. The molecule has 0 aromatic heterocycles. The van der Waals surface area contributed by atoms with E-state index in [1.54, 1.807) is 16.7 Å². The Bertz CT molecular complexity index is 525. The minimum atomic E-state index is -0.700. The molecule has 0 saturated carbocycles. The summed E-state index contributed by atoms with van der Waals surface area (Å²) < 4.78 is 28.3. The Kier molecular flexibility index (Phi) is 4.08. The van der Waals surface area contributed by atoms with E-state index < -0.39 is 11.6 Å². The van der Waals surface area contributed by atoms with Crippen LogP contribution in [-0.2, 0) is 0 Å². The van der Waals surface area contributed by atoms with Crippen molar-refractivity contribution in [1.82, 2.24) is 0 Å². The van der Waals surface area contributed by atoms with Crippen molar-refractivity contribution in [2.45, 2.75) is 18.6 Å². The van der Waals surface area contributed by atoms with Crippen LogP contribution in [0.4, 0.5) is 14.5 Å². The highest BCUT2D eigenvalue weighted by atomic mass is 32.2. The molecule has 0 bridgehead atoms. The number of amidine groups is 1. The highest BCUT2D eigenvalue weighted by Gasteiger charge is 2.30. The average Bonchev–Trinajstić information content (AvgIpc) is 2.35. The zero-order valence-corrected chi connectivity index (χ0v) is 12.2. The number of hydrogen-bond donors (Lipinski definition) is 2. The summed E-state index contributed by atoms with van der Waals surface area (Å²) in [7, 11) is 0. The van der Waals surface area contributed by atoms with E-state index in [0.717, 1.165) is 17.9 Å². The van der Waals surface area contributed by atoms with Crippen molar-refractivity contribution in [1.29, 1.82) is 0 Å². The predicted octanol–water partition coefficient (Wildman–Crippen LogP) is 2.39. The fraction of sp³-hybridized carbons (Fsp3) is 0.462. The van der Waals surface area contributed by atoms with Gasteiger partial charge in [0.2, 0.25) is 0 Å². The van der Waals surface area contributed by atoms with Gasteiger partial charge in [0, 0.05) is 29.2 Å².